The minimum absolute atomic E-state index is 0.0825. The number of methoxy groups -OCH3 is 2. The molecule has 10 heteroatoms. The van der Waals surface area contributed by atoms with E-state index in [0.29, 0.717) is 30.0 Å². The number of halogens is 2. The van der Waals surface area contributed by atoms with Gasteiger partial charge in [-0.2, -0.15) is 0 Å². The van der Waals surface area contributed by atoms with Crippen molar-refractivity contribution in [3.63, 3.8) is 0 Å². The normalized spacial score (nSPS) is 10.7. The molecule has 1 heterocycles. The van der Waals surface area contributed by atoms with Gasteiger partial charge in [0.1, 0.15) is 11.5 Å². The summed E-state index contributed by atoms with van der Waals surface area (Å²) in [5.41, 5.74) is 1.13. The van der Waals surface area contributed by atoms with E-state index in [1.54, 1.807) is 26.2 Å². The number of amides is 1. The van der Waals surface area contributed by atoms with Crippen molar-refractivity contribution in [3.8, 4) is 22.9 Å². The quantitative estimate of drug-likeness (QED) is 0.511. The van der Waals surface area contributed by atoms with Gasteiger partial charge in [-0.15, -0.1) is 10.2 Å². The van der Waals surface area contributed by atoms with E-state index in [4.69, 9.17) is 21.1 Å². The Hall–Kier alpha value is -3.46. The zero-order valence-electron chi connectivity index (χ0n) is 18.5. The summed E-state index contributed by atoms with van der Waals surface area (Å²) < 4.78 is 23.9. The van der Waals surface area contributed by atoms with Gasteiger partial charge in [0.15, 0.2) is 17.3 Å². The van der Waals surface area contributed by atoms with Crippen LogP contribution in [0.2, 0.25) is 5.02 Å². The van der Waals surface area contributed by atoms with Crippen LogP contribution in [0.3, 0.4) is 0 Å². The molecule has 0 spiro atoms. The number of rotatable bonds is 9. The van der Waals surface area contributed by atoms with Crippen molar-refractivity contribution in [2.45, 2.75) is 19.3 Å². The number of nitrogens with zero attached hydrogens (tertiary/aromatic N) is 3. The molecule has 0 aliphatic heterocycles. The zero-order valence-corrected chi connectivity index (χ0v) is 19.3. The van der Waals surface area contributed by atoms with Gasteiger partial charge in [-0.3, -0.25) is 9.59 Å². The fourth-order valence-corrected chi connectivity index (χ4v) is 3.35. The average molecular weight is 475 g/mol. The summed E-state index contributed by atoms with van der Waals surface area (Å²) in [6, 6.07) is 9.60. The second-order valence-corrected chi connectivity index (χ2v) is 7.74. The fraction of sp³-hybridized carbons (Fsp3) is 0.304. The molecule has 3 rings (SSSR count). The lowest BCUT2D eigenvalue weighted by Crippen LogP contribution is -2.30. The van der Waals surface area contributed by atoms with E-state index >= 15 is 0 Å². The number of aromatic amines is 1. The van der Waals surface area contributed by atoms with Crippen LogP contribution in [0, 0.1) is 5.82 Å². The largest absolute Gasteiger partial charge is 0.493 e. The van der Waals surface area contributed by atoms with Crippen molar-refractivity contribution in [1.82, 2.24) is 20.1 Å². The molecule has 0 bridgehead atoms. The number of carbonyl (C=O) groups excluding carboxylic acids is 1. The smallest absolute Gasteiger partial charge is 0.273 e. The van der Waals surface area contributed by atoms with Crippen LogP contribution in [-0.2, 0) is 17.6 Å². The van der Waals surface area contributed by atoms with E-state index in [1.165, 1.54) is 18.2 Å². The third-order valence-corrected chi connectivity index (χ3v) is 5.43. The number of ether oxygens (including phenoxy) is 2. The van der Waals surface area contributed by atoms with E-state index in [0.717, 1.165) is 5.56 Å². The molecule has 0 aliphatic carbocycles. The number of hydrogen-bond donors (Lipinski definition) is 1. The Morgan fingerprint density at radius 3 is 2.52 bits per heavy atom. The first-order chi connectivity index (χ1) is 15.8. The first kappa shape index (κ1) is 24.2. The van der Waals surface area contributed by atoms with Gasteiger partial charge in [-0.25, -0.2) is 4.39 Å². The fourth-order valence-electron chi connectivity index (χ4n) is 3.17. The van der Waals surface area contributed by atoms with Crippen LogP contribution >= 0.6 is 11.6 Å². The predicted molar refractivity (Wildman–Crippen MR) is 122 cm³/mol. The van der Waals surface area contributed by atoms with E-state index in [9.17, 15) is 14.0 Å². The Morgan fingerprint density at radius 2 is 1.85 bits per heavy atom. The molecule has 8 nitrogen and oxygen atoms in total. The lowest BCUT2D eigenvalue weighted by molar-refractivity contribution is -0.129. The number of benzene rings is 2. The number of nitrogens with one attached hydrogen (secondary N) is 1. The van der Waals surface area contributed by atoms with Crippen LogP contribution < -0.4 is 15.0 Å². The second kappa shape index (κ2) is 10.9. The summed E-state index contributed by atoms with van der Waals surface area (Å²) >= 11 is 5.77. The zero-order chi connectivity index (χ0) is 24.0. The molecule has 0 aliphatic rings. The third kappa shape index (κ3) is 6.07. The summed E-state index contributed by atoms with van der Waals surface area (Å²) in [5, 5.41) is 7.83. The topological polar surface area (TPSA) is 97.4 Å². The molecule has 3 aromatic rings. The number of H-pyrrole nitrogens is 1. The van der Waals surface area contributed by atoms with E-state index < -0.39 is 11.4 Å². The number of aromatic nitrogens is 3. The Bertz CT molecular complexity index is 1200. The van der Waals surface area contributed by atoms with Gasteiger partial charge in [-0.05, 0) is 42.3 Å². The average Bonchev–Trinajstić information content (AvgIpc) is 2.82. The van der Waals surface area contributed by atoms with Gasteiger partial charge in [0.05, 0.1) is 19.2 Å². The minimum Gasteiger partial charge on any atom is -0.493 e. The number of hydrogen-bond acceptors (Lipinski definition) is 6. The molecule has 0 saturated carbocycles. The molecule has 1 aromatic heterocycles. The van der Waals surface area contributed by atoms with Crippen molar-refractivity contribution < 1.29 is 18.7 Å². The molecule has 0 unspecified atom stereocenters. The lowest BCUT2D eigenvalue weighted by atomic mass is 10.1. The molecule has 0 atom stereocenters. The molecular formula is C23H24ClFN4O4. The number of aryl methyl sites for hydroxylation is 1. The Balaban J connectivity index is 1.56. The van der Waals surface area contributed by atoms with Crippen LogP contribution in [0.15, 0.2) is 41.2 Å². The van der Waals surface area contributed by atoms with Crippen LogP contribution in [0.25, 0.3) is 11.4 Å². The SMILES string of the molecule is COc1ccc(CCN(C)C(=O)CCc2nnc(-c3ccc(F)c(Cl)c3)[nH]c2=O)cc1OC. The van der Waals surface area contributed by atoms with Crippen molar-refractivity contribution in [2.75, 3.05) is 27.8 Å². The molecule has 1 amide bonds. The van der Waals surface area contributed by atoms with Gasteiger partial charge in [0, 0.05) is 32.0 Å². The van der Waals surface area contributed by atoms with E-state index in [1.807, 2.05) is 18.2 Å². The first-order valence-electron chi connectivity index (χ1n) is 10.2. The summed E-state index contributed by atoms with van der Waals surface area (Å²) in [7, 11) is 4.86. The summed E-state index contributed by atoms with van der Waals surface area (Å²) in [6.45, 7) is 0.501. The van der Waals surface area contributed by atoms with Gasteiger partial charge >= 0.3 is 0 Å². The summed E-state index contributed by atoms with van der Waals surface area (Å²) in [4.78, 5) is 29.1. The Morgan fingerprint density at radius 1 is 1.09 bits per heavy atom. The van der Waals surface area contributed by atoms with Gasteiger partial charge in [0.2, 0.25) is 5.91 Å². The third-order valence-electron chi connectivity index (χ3n) is 5.14. The van der Waals surface area contributed by atoms with Crippen LogP contribution in [0.5, 0.6) is 11.5 Å². The van der Waals surface area contributed by atoms with Crippen molar-refractivity contribution in [1.29, 1.82) is 0 Å². The number of likely N-dealkylation sites (N-methyl/N-ethyl adjacent to an activating group) is 1. The highest BCUT2D eigenvalue weighted by molar-refractivity contribution is 6.31. The van der Waals surface area contributed by atoms with Crippen LogP contribution in [0.4, 0.5) is 4.39 Å². The molecule has 1 N–H and O–H groups in total. The summed E-state index contributed by atoms with van der Waals surface area (Å²) in [5.74, 6) is 0.759. The first-order valence-corrected chi connectivity index (χ1v) is 10.6. The molecule has 33 heavy (non-hydrogen) atoms. The highest BCUT2D eigenvalue weighted by atomic mass is 35.5. The van der Waals surface area contributed by atoms with Crippen molar-refractivity contribution in [2.24, 2.45) is 0 Å². The highest BCUT2D eigenvalue weighted by Gasteiger charge is 2.14. The minimum atomic E-state index is -0.568. The standard InChI is InChI=1S/C23H24ClFN4O4/c1-29(11-10-14-4-8-19(32-2)20(12-14)33-3)21(30)9-7-18-23(31)26-22(28-27-18)15-5-6-17(25)16(24)13-15/h4-6,8,12-13H,7,9-11H2,1-3H3,(H,26,28,31). The molecule has 0 radical (unpaired) electrons. The molecule has 0 saturated heterocycles. The van der Waals surface area contributed by atoms with E-state index in [2.05, 4.69) is 15.2 Å². The molecule has 174 valence electrons. The van der Waals surface area contributed by atoms with E-state index in [-0.39, 0.29) is 35.3 Å². The monoisotopic (exact) mass is 474 g/mol. The lowest BCUT2D eigenvalue weighted by Gasteiger charge is -2.17. The van der Waals surface area contributed by atoms with Gasteiger partial charge in [0.25, 0.3) is 5.56 Å². The molecular weight excluding hydrogens is 451 g/mol. The molecule has 2 aromatic carbocycles. The second-order valence-electron chi connectivity index (χ2n) is 7.33. The van der Waals surface area contributed by atoms with Gasteiger partial charge in [-0.1, -0.05) is 17.7 Å². The maximum atomic E-state index is 13.3. The number of carbonyl (C=O) groups is 1. The maximum absolute atomic E-state index is 13.3. The Labute approximate surface area is 195 Å². The van der Waals surface area contributed by atoms with Crippen molar-refractivity contribution in [3.05, 3.63) is 68.8 Å². The Kier molecular flexibility index (Phi) is 8.00. The molecule has 0 fully saturated rings. The van der Waals surface area contributed by atoms with Gasteiger partial charge < -0.3 is 19.4 Å². The maximum Gasteiger partial charge on any atom is 0.273 e. The summed E-state index contributed by atoms with van der Waals surface area (Å²) in [6.07, 6.45) is 0.895. The van der Waals surface area contributed by atoms with Crippen LogP contribution in [0.1, 0.15) is 17.7 Å². The highest BCUT2D eigenvalue weighted by Crippen LogP contribution is 2.27. The van der Waals surface area contributed by atoms with Crippen molar-refractivity contribution >= 4 is 17.5 Å². The van der Waals surface area contributed by atoms with Crippen LogP contribution in [-0.4, -0.2) is 53.8 Å². The predicted octanol–water partition coefficient (Wildman–Crippen LogP) is 3.28.